The summed E-state index contributed by atoms with van der Waals surface area (Å²) in [7, 11) is -3.68. The van der Waals surface area contributed by atoms with Gasteiger partial charge < -0.3 is 9.84 Å². The number of carboxylic acids is 1. The van der Waals surface area contributed by atoms with E-state index in [1.54, 1.807) is 18.2 Å². The lowest BCUT2D eigenvalue weighted by Gasteiger charge is -2.34. The summed E-state index contributed by atoms with van der Waals surface area (Å²) in [5.74, 6) is -0.635. The molecule has 162 valence electrons. The molecule has 0 spiro atoms. The molecule has 2 aromatic rings. The van der Waals surface area contributed by atoms with Crippen molar-refractivity contribution in [2.75, 3.05) is 32.8 Å². The van der Waals surface area contributed by atoms with Gasteiger partial charge in [0.15, 0.2) is 6.61 Å². The maximum absolute atomic E-state index is 12.9. The van der Waals surface area contributed by atoms with Gasteiger partial charge in [0.25, 0.3) is 0 Å². The van der Waals surface area contributed by atoms with Crippen LogP contribution in [0, 0.1) is 0 Å². The number of nitrogens with zero attached hydrogens (tertiary/aromatic N) is 2. The van der Waals surface area contributed by atoms with Gasteiger partial charge in [-0.05, 0) is 36.4 Å². The van der Waals surface area contributed by atoms with E-state index in [1.807, 2.05) is 0 Å². The zero-order chi connectivity index (χ0) is 21.9. The quantitative estimate of drug-likeness (QED) is 0.634. The van der Waals surface area contributed by atoms with E-state index < -0.39 is 22.6 Å². The minimum Gasteiger partial charge on any atom is -0.482 e. The van der Waals surface area contributed by atoms with E-state index in [-0.39, 0.29) is 9.92 Å². The Balaban J connectivity index is 1.67. The lowest BCUT2D eigenvalue weighted by molar-refractivity contribution is -0.139. The van der Waals surface area contributed by atoms with Crippen molar-refractivity contribution < 1.29 is 23.1 Å². The van der Waals surface area contributed by atoms with Crippen LogP contribution >= 0.6 is 34.8 Å². The molecule has 30 heavy (non-hydrogen) atoms. The van der Waals surface area contributed by atoms with E-state index in [1.165, 1.54) is 22.5 Å². The highest BCUT2D eigenvalue weighted by molar-refractivity contribution is 7.89. The monoisotopic (exact) mass is 492 g/mol. The molecule has 0 radical (unpaired) electrons. The maximum Gasteiger partial charge on any atom is 0.341 e. The summed E-state index contributed by atoms with van der Waals surface area (Å²) in [5.41, 5.74) is 0.740. The van der Waals surface area contributed by atoms with E-state index in [9.17, 15) is 13.2 Å². The van der Waals surface area contributed by atoms with Crippen molar-refractivity contribution in [2.45, 2.75) is 11.4 Å². The highest BCUT2D eigenvalue weighted by Gasteiger charge is 2.29. The summed E-state index contributed by atoms with van der Waals surface area (Å²) in [6.45, 7) is 1.58. The zero-order valence-electron chi connectivity index (χ0n) is 15.7. The minimum absolute atomic E-state index is 0.101. The zero-order valence-corrected chi connectivity index (χ0v) is 18.8. The molecule has 0 atom stereocenters. The fourth-order valence-corrected chi connectivity index (χ4v) is 5.11. The largest absolute Gasteiger partial charge is 0.482 e. The fraction of sp³-hybridized carbons (Fsp3) is 0.316. The first-order valence-electron chi connectivity index (χ1n) is 8.97. The normalized spacial score (nSPS) is 15.8. The van der Waals surface area contributed by atoms with E-state index in [0.29, 0.717) is 48.5 Å². The highest BCUT2D eigenvalue weighted by Crippen LogP contribution is 2.28. The molecule has 0 amide bonds. The molecule has 0 aliphatic carbocycles. The van der Waals surface area contributed by atoms with E-state index in [4.69, 9.17) is 44.6 Å². The standard InChI is InChI=1S/C19H19Cl3N2O5S/c20-14-1-4-18(29-12-19(25)26)13(9-14)11-23-5-7-24(8-6-23)30(27,28)15-2-3-16(21)17(22)10-15/h1-4,9-10H,5-8,11-12H2,(H,25,26). The molecule has 11 heteroatoms. The van der Waals surface area contributed by atoms with Crippen LogP contribution in [0.25, 0.3) is 0 Å². The van der Waals surface area contributed by atoms with Gasteiger partial charge in [0.2, 0.25) is 10.0 Å². The summed E-state index contributed by atoms with van der Waals surface area (Å²) in [5, 5.41) is 9.82. The van der Waals surface area contributed by atoms with Crippen molar-refractivity contribution >= 4 is 50.8 Å². The van der Waals surface area contributed by atoms with Crippen LogP contribution in [-0.4, -0.2) is 61.5 Å². The number of hydrogen-bond donors (Lipinski definition) is 1. The summed E-state index contributed by atoms with van der Waals surface area (Å²) >= 11 is 17.9. The van der Waals surface area contributed by atoms with Crippen LogP contribution in [0.5, 0.6) is 5.75 Å². The van der Waals surface area contributed by atoms with Crippen LogP contribution in [0.1, 0.15) is 5.56 Å². The van der Waals surface area contributed by atoms with E-state index in [2.05, 4.69) is 4.90 Å². The van der Waals surface area contributed by atoms with E-state index >= 15 is 0 Å². The Labute approximate surface area is 189 Å². The van der Waals surface area contributed by atoms with Crippen molar-refractivity contribution in [1.82, 2.24) is 9.21 Å². The Bertz CT molecular complexity index is 1040. The number of hydrogen-bond acceptors (Lipinski definition) is 5. The molecule has 0 bridgehead atoms. The summed E-state index contributed by atoms with van der Waals surface area (Å²) in [6.07, 6.45) is 0. The second-order valence-electron chi connectivity index (χ2n) is 6.69. The van der Waals surface area contributed by atoms with Gasteiger partial charge in [-0.25, -0.2) is 13.2 Å². The first kappa shape index (κ1) is 23.1. The lowest BCUT2D eigenvalue weighted by atomic mass is 10.1. The first-order valence-corrected chi connectivity index (χ1v) is 11.5. The SMILES string of the molecule is O=C(O)COc1ccc(Cl)cc1CN1CCN(S(=O)(=O)c2ccc(Cl)c(Cl)c2)CC1. The third kappa shape index (κ3) is 5.57. The average molecular weight is 494 g/mol. The molecule has 1 aliphatic heterocycles. The molecule has 1 fully saturated rings. The predicted octanol–water partition coefficient (Wildman–Crippen LogP) is 3.62. The molecular formula is C19H19Cl3N2O5S. The molecule has 2 aromatic carbocycles. The molecule has 1 aliphatic rings. The summed E-state index contributed by atoms with van der Waals surface area (Å²) < 4.78 is 32.5. The van der Waals surface area contributed by atoms with Gasteiger partial charge >= 0.3 is 5.97 Å². The Morgan fingerprint density at radius 2 is 1.70 bits per heavy atom. The number of halogens is 3. The number of rotatable bonds is 7. The number of carbonyl (C=O) groups is 1. The maximum atomic E-state index is 12.9. The number of piperazine rings is 1. The summed E-state index contributed by atoms with van der Waals surface area (Å²) in [6, 6.07) is 9.23. The second-order valence-corrected chi connectivity index (χ2v) is 9.88. The van der Waals surface area contributed by atoms with Crippen molar-refractivity contribution in [3.63, 3.8) is 0 Å². The van der Waals surface area contributed by atoms with Crippen molar-refractivity contribution in [3.8, 4) is 5.75 Å². The first-order chi connectivity index (χ1) is 14.2. The Kier molecular flexibility index (Phi) is 7.49. The van der Waals surface area contributed by atoms with Gasteiger partial charge in [-0.1, -0.05) is 34.8 Å². The molecule has 0 aromatic heterocycles. The highest BCUT2D eigenvalue weighted by atomic mass is 35.5. The van der Waals surface area contributed by atoms with Gasteiger partial charge in [0, 0.05) is 43.3 Å². The van der Waals surface area contributed by atoms with Gasteiger partial charge in [0.05, 0.1) is 14.9 Å². The van der Waals surface area contributed by atoms with Gasteiger partial charge in [-0.15, -0.1) is 0 Å². The molecule has 1 heterocycles. The van der Waals surface area contributed by atoms with Gasteiger partial charge in [0.1, 0.15) is 5.75 Å². The summed E-state index contributed by atoms with van der Waals surface area (Å²) in [4.78, 5) is 12.9. The third-order valence-electron chi connectivity index (χ3n) is 4.63. The molecule has 0 unspecified atom stereocenters. The third-order valence-corrected chi connectivity index (χ3v) is 7.50. The van der Waals surface area contributed by atoms with Gasteiger partial charge in [-0.3, -0.25) is 4.90 Å². The van der Waals surface area contributed by atoms with Crippen LogP contribution in [0.2, 0.25) is 15.1 Å². The molecular weight excluding hydrogens is 475 g/mol. The number of carboxylic acid groups (broad SMARTS) is 1. The molecule has 0 saturated carbocycles. The topological polar surface area (TPSA) is 87.2 Å². The molecule has 3 rings (SSSR count). The Morgan fingerprint density at radius 3 is 2.33 bits per heavy atom. The number of aliphatic carboxylic acids is 1. The minimum atomic E-state index is -3.68. The van der Waals surface area contributed by atoms with E-state index in [0.717, 1.165) is 5.56 Å². The van der Waals surface area contributed by atoms with Crippen LogP contribution in [0.15, 0.2) is 41.3 Å². The van der Waals surface area contributed by atoms with Crippen molar-refractivity contribution in [2.24, 2.45) is 0 Å². The van der Waals surface area contributed by atoms with Gasteiger partial charge in [-0.2, -0.15) is 4.31 Å². The van der Waals surface area contributed by atoms with Crippen LogP contribution in [0.4, 0.5) is 0 Å². The lowest BCUT2D eigenvalue weighted by Crippen LogP contribution is -2.48. The predicted molar refractivity (Wildman–Crippen MR) is 115 cm³/mol. The average Bonchev–Trinajstić information content (AvgIpc) is 2.69. The number of ether oxygens (including phenoxy) is 1. The Morgan fingerprint density at radius 1 is 1.00 bits per heavy atom. The van der Waals surface area contributed by atoms with Crippen molar-refractivity contribution in [3.05, 3.63) is 57.0 Å². The number of sulfonamides is 1. The van der Waals surface area contributed by atoms with Crippen LogP contribution < -0.4 is 4.74 Å². The van der Waals surface area contributed by atoms with Crippen molar-refractivity contribution in [1.29, 1.82) is 0 Å². The smallest absolute Gasteiger partial charge is 0.341 e. The van der Waals surface area contributed by atoms with Crippen LogP contribution in [-0.2, 0) is 21.4 Å². The molecule has 7 nitrogen and oxygen atoms in total. The molecule has 1 N–H and O–H groups in total. The molecule has 1 saturated heterocycles. The van der Waals surface area contributed by atoms with Crippen LogP contribution in [0.3, 0.4) is 0 Å². The second kappa shape index (κ2) is 9.72. The fourth-order valence-electron chi connectivity index (χ4n) is 3.11. The number of benzene rings is 2. The Hall–Kier alpha value is -1.55.